The van der Waals surface area contributed by atoms with Crippen LogP contribution in [0.3, 0.4) is 0 Å². The summed E-state index contributed by atoms with van der Waals surface area (Å²) < 4.78 is 24.5. The molecule has 0 radical (unpaired) electrons. The van der Waals surface area contributed by atoms with E-state index in [4.69, 9.17) is 5.11 Å². The second kappa shape index (κ2) is 3.72. The van der Waals surface area contributed by atoms with Gasteiger partial charge in [-0.3, -0.25) is 0 Å². The lowest BCUT2D eigenvalue weighted by atomic mass is 10.4. The fraction of sp³-hybridized carbons (Fsp3) is 1.00. The molecular formula is C7H15NO3S. The normalized spacial score (nSPS) is 22.8. The van der Waals surface area contributed by atoms with Gasteiger partial charge in [-0.05, 0) is 19.8 Å². The van der Waals surface area contributed by atoms with Crippen molar-refractivity contribution in [3.05, 3.63) is 0 Å². The average Bonchev–Trinajstić information content (AvgIpc) is 2.55. The number of hydrogen-bond donors (Lipinski definition) is 1. The minimum absolute atomic E-state index is 0.293. The maximum atomic E-state index is 11.5. The zero-order chi connectivity index (χ0) is 9.19. The van der Waals surface area contributed by atoms with Crippen LogP contribution < -0.4 is 0 Å². The molecule has 0 aliphatic carbocycles. The molecule has 0 aromatic rings. The average molecular weight is 193 g/mol. The number of aliphatic hydroxyl groups excluding tert-OH is 1. The van der Waals surface area contributed by atoms with Crippen molar-refractivity contribution in [2.24, 2.45) is 0 Å². The van der Waals surface area contributed by atoms with E-state index < -0.39 is 15.3 Å². The molecule has 1 atom stereocenters. The van der Waals surface area contributed by atoms with Gasteiger partial charge in [0.05, 0.1) is 11.9 Å². The molecule has 0 saturated carbocycles. The highest BCUT2D eigenvalue weighted by Gasteiger charge is 2.29. The summed E-state index contributed by atoms with van der Waals surface area (Å²) in [6.07, 6.45) is 1.88. The Morgan fingerprint density at radius 1 is 1.42 bits per heavy atom. The number of nitrogens with zero attached hydrogens (tertiary/aromatic N) is 1. The highest BCUT2D eigenvalue weighted by atomic mass is 32.2. The van der Waals surface area contributed by atoms with Gasteiger partial charge in [-0.1, -0.05) is 0 Å². The molecule has 1 unspecified atom stereocenters. The van der Waals surface area contributed by atoms with Crippen molar-refractivity contribution in [1.29, 1.82) is 0 Å². The van der Waals surface area contributed by atoms with E-state index in [0.29, 0.717) is 13.1 Å². The summed E-state index contributed by atoms with van der Waals surface area (Å²) in [6, 6.07) is 0. The van der Waals surface area contributed by atoms with Crippen molar-refractivity contribution in [2.45, 2.75) is 25.0 Å². The van der Waals surface area contributed by atoms with Crippen LogP contribution in [-0.4, -0.2) is 42.8 Å². The van der Waals surface area contributed by atoms with Crippen molar-refractivity contribution >= 4 is 10.0 Å². The Bertz CT molecular complexity index is 231. The van der Waals surface area contributed by atoms with Crippen LogP contribution in [0.5, 0.6) is 0 Å². The molecule has 4 nitrogen and oxygen atoms in total. The third-order valence-corrected chi connectivity index (χ3v) is 4.44. The van der Waals surface area contributed by atoms with Gasteiger partial charge in [0, 0.05) is 13.1 Å². The second-order valence-electron chi connectivity index (χ2n) is 3.14. The lowest BCUT2D eigenvalue weighted by Crippen LogP contribution is -2.37. The summed E-state index contributed by atoms with van der Waals surface area (Å²) in [5.74, 6) is 0. The van der Waals surface area contributed by atoms with E-state index in [9.17, 15) is 8.42 Å². The largest absolute Gasteiger partial charge is 0.395 e. The second-order valence-corrected chi connectivity index (χ2v) is 5.50. The molecule has 1 saturated heterocycles. The Balaban J connectivity index is 2.70. The van der Waals surface area contributed by atoms with Gasteiger partial charge >= 0.3 is 0 Å². The quantitative estimate of drug-likeness (QED) is 0.675. The number of aliphatic hydroxyl groups is 1. The van der Waals surface area contributed by atoms with Crippen LogP contribution in [0.1, 0.15) is 19.8 Å². The van der Waals surface area contributed by atoms with E-state index in [0.717, 1.165) is 12.8 Å². The Hall–Kier alpha value is -0.130. The van der Waals surface area contributed by atoms with Crippen LogP contribution in [0.25, 0.3) is 0 Å². The first-order valence-corrected chi connectivity index (χ1v) is 5.69. The lowest BCUT2D eigenvalue weighted by molar-refractivity contribution is 0.291. The van der Waals surface area contributed by atoms with Crippen molar-refractivity contribution < 1.29 is 13.5 Å². The summed E-state index contributed by atoms with van der Waals surface area (Å²) in [5.41, 5.74) is 0. The van der Waals surface area contributed by atoms with Gasteiger partial charge in [-0.15, -0.1) is 0 Å². The molecule has 1 heterocycles. The predicted molar refractivity (Wildman–Crippen MR) is 46.3 cm³/mol. The molecule has 1 aliphatic rings. The molecule has 0 spiro atoms. The molecule has 5 heteroatoms. The van der Waals surface area contributed by atoms with Gasteiger partial charge < -0.3 is 5.11 Å². The molecule has 72 valence electrons. The topological polar surface area (TPSA) is 57.6 Å². The number of sulfonamides is 1. The molecule has 0 aromatic carbocycles. The van der Waals surface area contributed by atoms with Gasteiger partial charge in [-0.2, -0.15) is 0 Å². The monoisotopic (exact) mass is 193 g/mol. The lowest BCUT2D eigenvalue weighted by Gasteiger charge is -2.19. The van der Waals surface area contributed by atoms with Crippen LogP contribution in [0.4, 0.5) is 0 Å². The maximum absolute atomic E-state index is 11.5. The van der Waals surface area contributed by atoms with E-state index >= 15 is 0 Å². The SMILES string of the molecule is CC(CO)S(=O)(=O)N1CCCC1. The van der Waals surface area contributed by atoms with Crippen LogP contribution in [0, 0.1) is 0 Å². The minimum atomic E-state index is -3.21. The molecule has 0 amide bonds. The van der Waals surface area contributed by atoms with Crippen molar-refractivity contribution in [3.8, 4) is 0 Å². The van der Waals surface area contributed by atoms with E-state index in [-0.39, 0.29) is 6.61 Å². The van der Waals surface area contributed by atoms with Gasteiger partial charge in [0.1, 0.15) is 0 Å². The highest BCUT2D eigenvalue weighted by Crippen LogP contribution is 2.16. The van der Waals surface area contributed by atoms with Crippen molar-refractivity contribution in [1.82, 2.24) is 4.31 Å². The molecule has 12 heavy (non-hydrogen) atoms. The third-order valence-electron chi connectivity index (χ3n) is 2.19. The molecule has 0 bridgehead atoms. The maximum Gasteiger partial charge on any atom is 0.218 e. The number of rotatable bonds is 3. The first-order valence-electron chi connectivity index (χ1n) is 4.19. The molecule has 0 aromatic heterocycles. The first-order chi connectivity index (χ1) is 5.59. The predicted octanol–water partition coefficient (Wildman–Crippen LogP) is -0.207. The summed E-state index contributed by atoms with van der Waals surface area (Å²) in [5, 5.41) is 8.07. The molecule has 1 fully saturated rings. The summed E-state index contributed by atoms with van der Waals surface area (Å²) in [7, 11) is -3.21. The highest BCUT2D eigenvalue weighted by molar-refractivity contribution is 7.89. The third kappa shape index (κ3) is 1.78. The zero-order valence-corrected chi connectivity index (χ0v) is 8.05. The first kappa shape index (κ1) is 9.95. The Morgan fingerprint density at radius 2 is 1.92 bits per heavy atom. The van der Waals surface area contributed by atoms with Gasteiger partial charge in [-0.25, -0.2) is 12.7 Å². The fourth-order valence-corrected chi connectivity index (χ4v) is 2.76. The van der Waals surface area contributed by atoms with Crippen molar-refractivity contribution in [3.63, 3.8) is 0 Å². The Labute approximate surface area is 73.2 Å². The summed E-state index contributed by atoms with van der Waals surface area (Å²) in [4.78, 5) is 0. The van der Waals surface area contributed by atoms with Crippen LogP contribution in [0.2, 0.25) is 0 Å². The smallest absolute Gasteiger partial charge is 0.218 e. The van der Waals surface area contributed by atoms with E-state index in [1.807, 2.05) is 0 Å². The summed E-state index contributed by atoms with van der Waals surface area (Å²) >= 11 is 0. The van der Waals surface area contributed by atoms with E-state index in [1.54, 1.807) is 0 Å². The Kier molecular flexibility index (Phi) is 3.09. The van der Waals surface area contributed by atoms with Crippen LogP contribution >= 0.6 is 0 Å². The molecule has 1 aliphatic heterocycles. The summed E-state index contributed by atoms with van der Waals surface area (Å²) in [6.45, 7) is 2.48. The number of hydrogen-bond acceptors (Lipinski definition) is 3. The van der Waals surface area contributed by atoms with Crippen molar-refractivity contribution in [2.75, 3.05) is 19.7 Å². The van der Waals surface area contributed by atoms with Gasteiger partial charge in [0.2, 0.25) is 10.0 Å². The van der Waals surface area contributed by atoms with E-state index in [2.05, 4.69) is 0 Å². The van der Waals surface area contributed by atoms with Crippen LogP contribution in [0.15, 0.2) is 0 Å². The fourth-order valence-electron chi connectivity index (χ4n) is 1.29. The van der Waals surface area contributed by atoms with Gasteiger partial charge in [0.25, 0.3) is 0 Å². The molecule has 1 rings (SSSR count). The molecule has 1 N–H and O–H groups in total. The standard InChI is InChI=1S/C7H15NO3S/c1-7(6-9)12(10,11)8-4-2-3-5-8/h7,9H,2-6H2,1H3. The zero-order valence-electron chi connectivity index (χ0n) is 7.23. The molecular weight excluding hydrogens is 178 g/mol. The van der Waals surface area contributed by atoms with E-state index in [1.165, 1.54) is 11.2 Å². The van der Waals surface area contributed by atoms with Crippen LogP contribution in [-0.2, 0) is 10.0 Å². The Morgan fingerprint density at radius 3 is 2.33 bits per heavy atom. The minimum Gasteiger partial charge on any atom is -0.395 e. The van der Waals surface area contributed by atoms with Gasteiger partial charge in [0.15, 0.2) is 0 Å².